The van der Waals surface area contributed by atoms with Crippen LogP contribution in [0.1, 0.15) is 23.6 Å². The van der Waals surface area contributed by atoms with Gasteiger partial charge in [0.1, 0.15) is 0 Å². The first-order chi connectivity index (χ1) is 16.0. The van der Waals surface area contributed by atoms with E-state index < -0.39 is 5.76 Å². The number of fused-ring (bicyclic) bond motifs is 2. The van der Waals surface area contributed by atoms with Gasteiger partial charge in [0.05, 0.1) is 22.5 Å². The maximum atomic E-state index is 13.1. The van der Waals surface area contributed by atoms with Gasteiger partial charge >= 0.3 is 5.76 Å². The molecule has 8 heteroatoms. The summed E-state index contributed by atoms with van der Waals surface area (Å²) >= 11 is 6.13. The highest BCUT2D eigenvalue weighted by Crippen LogP contribution is 2.39. The van der Waals surface area contributed by atoms with Crippen LogP contribution in [0.5, 0.6) is 0 Å². The zero-order valence-electron chi connectivity index (χ0n) is 17.8. The lowest BCUT2D eigenvalue weighted by Crippen LogP contribution is -2.12. The molecule has 33 heavy (non-hydrogen) atoms. The number of hydrogen-bond acceptors (Lipinski definition) is 5. The van der Waals surface area contributed by atoms with Crippen LogP contribution in [0.25, 0.3) is 22.4 Å². The number of aromatic amines is 1. The van der Waals surface area contributed by atoms with Gasteiger partial charge in [-0.05, 0) is 54.6 Å². The second-order valence-corrected chi connectivity index (χ2v) is 8.16. The van der Waals surface area contributed by atoms with E-state index in [1.165, 1.54) is 0 Å². The van der Waals surface area contributed by atoms with Crippen molar-refractivity contribution in [3.8, 4) is 0 Å². The van der Waals surface area contributed by atoms with Crippen molar-refractivity contribution in [1.29, 1.82) is 0 Å². The minimum atomic E-state index is -0.529. The number of halogens is 1. The highest BCUT2D eigenvalue weighted by molar-refractivity contribution is 6.38. The third-order valence-corrected chi connectivity index (χ3v) is 5.72. The molecule has 0 spiro atoms. The molecular weight excluding hydrogens is 440 g/mol. The maximum Gasteiger partial charge on any atom is 0.417 e. The van der Waals surface area contributed by atoms with Crippen molar-refractivity contribution in [2.45, 2.75) is 13.5 Å². The monoisotopic (exact) mass is 460 g/mol. The number of rotatable bonds is 6. The third-order valence-electron chi connectivity index (χ3n) is 5.49. The summed E-state index contributed by atoms with van der Waals surface area (Å²) in [5.41, 5.74) is 6.21. The molecular formula is C25H21ClN4O3. The van der Waals surface area contributed by atoms with Gasteiger partial charge in [-0.15, -0.1) is 0 Å². The highest BCUT2D eigenvalue weighted by Gasteiger charge is 2.29. The van der Waals surface area contributed by atoms with E-state index in [1.807, 2.05) is 36.4 Å². The second-order valence-electron chi connectivity index (χ2n) is 7.72. The van der Waals surface area contributed by atoms with Crippen LogP contribution in [-0.4, -0.2) is 17.4 Å². The molecule has 5 rings (SSSR count). The number of anilines is 2. The zero-order chi connectivity index (χ0) is 22.9. The first-order valence-corrected chi connectivity index (χ1v) is 10.9. The summed E-state index contributed by atoms with van der Waals surface area (Å²) in [5, 5.41) is 10.2. The smallest absolute Gasteiger partial charge is 0.408 e. The lowest BCUT2D eigenvalue weighted by atomic mass is 9.99. The van der Waals surface area contributed by atoms with E-state index in [2.05, 4.69) is 27.9 Å². The Bertz CT molecular complexity index is 1450. The summed E-state index contributed by atoms with van der Waals surface area (Å²) in [5.74, 6) is -0.765. The molecule has 2 heterocycles. The summed E-state index contributed by atoms with van der Waals surface area (Å²) in [7, 11) is 0. The van der Waals surface area contributed by atoms with Crippen molar-refractivity contribution in [1.82, 2.24) is 10.3 Å². The van der Waals surface area contributed by atoms with Gasteiger partial charge in [-0.3, -0.25) is 9.78 Å². The quantitative estimate of drug-likeness (QED) is 0.309. The van der Waals surface area contributed by atoms with Crippen molar-refractivity contribution in [2.75, 3.05) is 17.2 Å². The third kappa shape index (κ3) is 4.16. The highest BCUT2D eigenvalue weighted by atomic mass is 35.5. The van der Waals surface area contributed by atoms with Crippen LogP contribution in [0.3, 0.4) is 0 Å². The van der Waals surface area contributed by atoms with Gasteiger partial charge < -0.3 is 20.4 Å². The Labute approximate surface area is 194 Å². The fraction of sp³-hybridized carbons (Fsp3) is 0.120. The molecule has 0 saturated heterocycles. The number of benzene rings is 3. The Morgan fingerprint density at radius 1 is 1.03 bits per heavy atom. The van der Waals surface area contributed by atoms with Crippen LogP contribution in [0.4, 0.5) is 11.4 Å². The molecule has 1 aliphatic rings. The van der Waals surface area contributed by atoms with E-state index in [4.69, 9.17) is 16.0 Å². The summed E-state index contributed by atoms with van der Waals surface area (Å²) in [6.45, 7) is 3.75. The Morgan fingerprint density at radius 2 is 1.85 bits per heavy atom. The molecule has 0 aliphatic carbocycles. The second kappa shape index (κ2) is 8.61. The van der Waals surface area contributed by atoms with Crippen molar-refractivity contribution < 1.29 is 9.21 Å². The molecule has 0 unspecified atom stereocenters. The summed E-state index contributed by atoms with van der Waals surface area (Å²) < 4.78 is 5.13. The number of carbonyl (C=O) groups is 1. The SMILES string of the molecule is CCNCc1ccc(N/C(=C2\C(=O)Nc3cc(Cl)ccc32)c2ccc3oc(=O)[nH]c3c2)cc1. The first-order valence-electron chi connectivity index (χ1n) is 10.6. The molecule has 1 amide bonds. The summed E-state index contributed by atoms with van der Waals surface area (Å²) in [4.78, 5) is 27.4. The van der Waals surface area contributed by atoms with E-state index in [9.17, 15) is 9.59 Å². The Kier molecular flexibility index (Phi) is 5.50. The molecule has 0 fully saturated rings. The molecule has 4 N–H and O–H groups in total. The van der Waals surface area contributed by atoms with Gasteiger partial charge in [0, 0.05) is 28.4 Å². The fourth-order valence-electron chi connectivity index (χ4n) is 3.90. The number of H-pyrrole nitrogens is 1. The van der Waals surface area contributed by atoms with Crippen LogP contribution < -0.4 is 21.7 Å². The predicted molar refractivity (Wildman–Crippen MR) is 131 cm³/mol. The van der Waals surface area contributed by atoms with E-state index in [1.54, 1.807) is 24.3 Å². The Hall–Kier alpha value is -3.81. The van der Waals surface area contributed by atoms with Crippen molar-refractivity contribution in [3.63, 3.8) is 0 Å². The average molecular weight is 461 g/mol. The predicted octanol–water partition coefficient (Wildman–Crippen LogP) is 4.82. The van der Waals surface area contributed by atoms with E-state index in [0.717, 1.165) is 35.5 Å². The Balaban J connectivity index is 1.63. The molecule has 0 saturated carbocycles. The minimum Gasteiger partial charge on any atom is -0.408 e. The normalized spacial score (nSPS) is 14.3. The molecule has 166 valence electrons. The zero-order valence-corrected chi connectivity index (χ0v) is 18.5. The van der Waals surface area contributed by atoms with Crippen LogP contribution in [0, 0.1) is 0 Å². The van der Waals surface area contributed by atoms with Gasteiger partial charge in [-0.25, -0.2) is 4.79 Å². The van der Waals surface area contributed by atoms with Gasteiger partial charge in [-0.1, -0.05) is 36.7 Å². The van der Waals surface area contributed by atoms with E-state index in [0.29, 0.717) is 33.1 Å². The van der Waals surface area contributed by atoms with Crippen LogP contribution in [-0.2, 0) is 11.3 Å². The molecule has 0 bridgehead atoms. The van der Waals surface area contributed by atoms with E-state index >= 15 is 0 Å². The lowest BCUT2D eigenvalue weighted by Gasteiger charge is -2.15. The van der Waals surface area contributed by atoms with Gasteiger partial charge in [0.2, 0.25) is 0 Å². The molecule has 3 aromatic carbocycles. The lowest BCUT2D eigenvalue weighted by molar-refractivity contribution is -0.110. The maximum absolute atomic E-state index is 13.1. The number of amides is 1. The van der Waals surface area contributed by atoms with Gasteiger partial charge in [0.25, 0.3) is 5.91 Å². The molecule has 0 radical (unpaired) electrons. The number of carbonyl (C=O) groups excluding carboxylic acids is 1. The van der Waals surface area contributed by atoms with Crippen LogP contribution in [0.15, 0.2) is 69.9 Å². The number of nitrogens with one attached hydrogen (secondary N) is 4. The Morgan fingerprint density at radius 3 is 2.64 bits per heavy atom. The molecule has 4 aromatic rings. The molecule has 1 aliphatic heterocycles. The van der Waals surface area contributed by atoms with Crippen molar-refractivity contribution >= 4 is 51.3 Å². The molecule has 0 atom stereocenters. The van der Waals surface area contributed by atoms with Gasteiger partial charge in [-0.2, -0.15) is 0 Å². The van der Waals surface area contributed by atoms with E-state index in [-0.39, 0.29) is 5.91 Å². The summed E-state index contributed by atoms with van der Waals surface area (Å²) in [6, 6.07) is 18.6. The largest absolute Gasteiger partial charge is 0.417 e. The van der Waals surface area contributed by atoms with Crippen LogP contribution in [0.2, 0.25) is 5.02 Å². The van der Waals surface area contributed by atoms with Crippen molar-refractivity contribution in [3.05, 3.63) is 92.9 Å². The first kappa shape index (κ1) is 21.1. The van der Waals surface area contributed by atoms with Gasteiger partial charge in [0.15, 0.2) is 5.58 Å². The molecule has 1 aromatic heterocycles. The standard InChI is InChI=1S/C25H21ClN4O3/c1-2-27-13-14-3-7-17(8-4-14)28-23(15-5-10-21-20(11-15)30-25(32)33-21)22-18-9-6-16(26)12-19(18)29-24(22)31/h3-12,27-28H,2,13H2,1H3,(H,29,31)(H,30,32)/b23-22-. The number of hydrogen-bond donors (Lipinski definition) is 4. The topological polar surface area (TPSA) is 99.2 Å². The van der Waals surface area contributed by atoms with Crippen LogP contribution >= 0.6 is 11.6 Å². The average Bonchev–Trinajstić information content (AvgIpc) is 3.33. The number of aromatic nitrogens is 1. The fourth-order valence-corrected chi connectivity index (χ4v) is 4.07. The van der Waals surface area contributed by atoms with Crippen molar-refractivity contribution in [2.24, 2.45) is 0 Å². The minimum absolute atomic E-state index is 0.237. The number of oxazole rings is 1. The molecule has 7 nitrogen and oxygen atoms in total. The summed E-state index contributed by atoms with van der Waals surface area (Å²) in [6.07, 6.45) is 0.